The molecule has 26 aromatic rings. The van der Waals surface area contributed by atoms with Gasteiger partial charge in [-0.05, 0) is 99.8 Å². The highest BCUT2D eigenvalue weighted by Crippen LogP contribution is 2.46. The van der Waals surface area contributed by atoms with Gasteiger partial charge in [0.15, 0.2) is 34.5 Å². The lowest BCUT2D eigenvalue weighted by molar-refractivity contribution is 0.668. The number of rotatable bonds is 12. The molecule has 11 heteroatoms. The summed E-state index contributed by atoms with van der Waals surface area (Å²) in [5.41, 5.74) is 27.6. The smallest absolute Gasteiger partial charge is 0.164 e. The summed E-state index contributed by atoms with van der Waals surface area (Å²) >= 11 is 0. The molecule has 128 heavy (non-hydrogen) atoms. The number of fused-ring (bicyclic) bond motifs is 20. The lowest BCUT2D eigenvalue weighted by Gasteiger charge is -2.12. The van der Waals surface area contributed by atoms with Crippen molar-refractivity contribution < 1.29 is 8.83 Å². The quantitative estimate of drug-likeness (QED) is 0.110. The second-order valence-corrected chi connectivity index (χ2v) is 32.5. The van der Waals surface area contributed by atoms with E-state index in [0.717, 1.165) is 194 Å². The Morgan fingerprint density at radius 3 is 0.914 bits per heavy atom. The van der Waals surface area contributed by atoms with E-state index < -0.39 is 0 Å². The molecule has 596 valence electrons. The van der Waals surface area contributed by atoms with Gasteiger partial charge in [-0.2, -0.15) is 0 Å². The maximum atomic E-state index is 6.58. The molecule has 0 aliphatic carbocycles. The zero-order valence-electron chi connectivity index (χ0n) is 68.8. The topological polar surface area (TPSA) is 126 Å². The van der Waals surface area contributed by atoms with Crippen molar-refractivity contribution in [2.75, 3.05) is 0 Å². The summed E-state index contributed by atoms with van der Waals surface area (Å²) in [6.07, 6.45) is 0. The highest BCUT2D eigenvalue weighted by atomic mass is 16.3. The van der Waals surface area contributed by atoms with Crippen molar-refractivity contribution in [1.82, 2.24) is 44.0 Å². The maximum absolute atomic E-state index is 6.58. The molecule has 0 bridgehead atoms. The van der Waals surface area contributed by atoms with E-state index in [2.05, 4.69) is 367 Å². The summed E-state index contributed by atoms with van der Waals surface area (Å²) in [4.78, 5) is 36.2. The molecule has 18 aromatic carbocycles. The Balaban J connectivity index is 0.000000139. The Morgan fingerprint density at radius 1 is 0.180 bits per heavy atom. The Labute approximate surface area is 733 Å². The third-order valence-corrected chi connectivity index (χ3v) is 25.1. The van der Waals surface area contributed by atoms with Crippen molar-refractivity contribution in [2.24, 2.45) is 0 Å². The number of hydrogen-bond acceptors (Lipinski definition) is 9. The van der Waals surface area contributed by atoms with Gasteiger partial charge in [-0.3, -0.25) is 0 Å². The number of hydrogen-bond donors (Lipinski definition) is 0. The molecule has 26 rings (SSSR count). The Kier molecular flexibility index (Phi) is 17.3. The highest BCUT2D eigenvalue weighted by Gasteiger charge is 2.25. The maximum Gasteiger partial charge on any atom is 0.164 e. The molecule has 0 aliphatic rings. The molecule has 11 nitrogen and oxygen atoms in total. The van der Waals surface area contributed by atoms with Crippen LogP contribution in [0.5, 0.6) is 0 Å². The van der Waals surface area contributed by atoms with Crippen molar-refractivity contribution in [2.45, 2.75) is 0 Å². The van der Waals surface area contributed by atoms with Crippen molar-refractivity contribution in [3.05, 3.63) is 431 Å². The first-order valence-corrected chi connectivity index (χ1v) is 43.1. The number of furan rings is 2. The van der Waals surface area contributed by atoms with E-state index in [9.17, 15) is 0 Å². The van der Waals surface area contributed by atoms with E-state index >= 15 is 0 Å². The predicted octanol–water partition coefficient (Wildman–Crippen LogP) is 30.4. The standard InChI is InChI=1S/C59H36N4O.C58H35N5O/c1-2-14-42(15-3-1)59-60-50(36-51(61-59)43-16-12-17-44(35-43)63-52-22-9-6-19-46(52)47-20-7-10-23-53(47)63)40-29-25-37(26-30-40)38-27-31-41(32-28-38)56-58-55(48-21-8-11-24-54(48)64-58)49-34-33-39-13-4-5-18-45(39)57(49)62-56;1-2-14-40(15-3-1)56-60-57(62-58(61-56)42-16-12-17-43(35-42)63-49-22-9-6-19-45(49)46-20-7-10-23-50(46)63)41-31-27-37(28-32-41)36-25-29-39(30-26-36)53-55-52(47-21-8-11-24-51(47)64-55)48-34-33-38-13-4-5-18-44(38)54(48)59-53/h1-36H;1-35H. The molecule has 0 saturated carbocycles. The normalized spacial score (nSPS) is 11.8. The van der Waals surface area contributed by atoms with Gasteiger partial charge in [0.25, 0.3) is 0 Å². The summed E-state index contributed by atoms with van der Waals surface area (Å²) in [5, 5.41) is 16.0. The number of nitrogens with zero attached hydrogens (tertiary/aromatic N) is 9. The third-order valence-electron chi connectivity index (χ3n) is 25.1. The molecule has 0 aliphatic heterocycles. The molecule has 0 atom stereocenters. The van der Waals surface area contributed by atoms with Crippen LogP contribution in [-0.4, -0.2) is 44.0 Å². The van der Waals surface area contributed by atoms with Crippen LogP contribution >= 0.6 is 0 Å². The fourth-order valence-electron chi connectivity index (χ4n) is 18.9. The van der Waals surface area contributed by atoms with E-state index in [0.29, 0.717) is 23.3 Å². The second kappa shape index (κ2) is 30.3. The molecular formula is C117H71N9O2. The number of pyridine rings is 2. The molecule has 0 fully saturated rings. The first kappa shape index (κ1) is 73.3. The summed E-state index contributed by atoms with van der Waals surface area (Å²) < 4.78 is 17.8. The molecule has 0 saturated heterocycles. The van der Waals surface area contributed by atoms with E-state index in [-0.39, 0.29) is 0 Å². The molecule has 0 amide bonds. The van der Waals surface area contributed by atoms with E-state index in [1.165, 1.54) is 38.0 Å². The van der Waals surface area contributed by atoms with Crippen LogP contribution in [0.4, 0.5) is 0 Å². The Morgan fingerprint density at radius 2 is 0.484 bits per heavy atom. The van der Waals surface area contributed by atoms with Gasteiger partial charge in [0.1, 0.15) is 22.6 Å². The van der Waals surface area contributed by atoms with Crippen LogP contribution < -0.4 is 0 Å². The first-order chi connectivity index (χ1) is 63.4. The zero-order chi connectivity index (χ0) is 84.3. The summed E-state index contributed by atoms with van der Waals surface area (Å²) in [7, 11) is 0. The van der Waals surface area contributed by atoms with Crippen LogP contribution in [0, 0.1) is 0 Å². The Hall–Kier alpha value is -17.4. The number of aromatic nitrogens is 9. The highest BCUT2D eigenvalue weighted by molar-refractivity contribution is 6.26. The van der Waals surface area contributed by atoms with E-state index in [4.69, 9.17) is 43.7 Å². The van der Waals surface area contributed by atoms with Crippen molar-refractivity contribution >= 4 is 131 Å². The van der Waals surface area contributed by atoms with Crippen molar-refractivity contribution in [1.29, 1.82) is 0 Å². The van der Waals surface area contributed by atoms with Crippen LogP contribution in [0.3, 0.4) is 0 Å². The van der Waals surface area contributed by atoms with Gasteiger partial charge in [-0.25, -0.2) is 34.9 Å². The minimum atomic E-state index is 0.609. The minimum Gasteiger partial charge on any atom is -0.454 e. The lowest BCUT2D eigenvalue weighted by atomic mass is 9.98. The van der Waals surface area contributed by atoms with Crippen LogP contribution in [-0.2, 0) is 0 Å². The van der Waals surface area contributed by atoms with Crippen LogP contribution in [0.2, 0.25) is 0 Å². The van der Waals surface area contributed by atoms with E-state index in [1.807, 2.05) is 72.8 Å². The molecule has 8 aromatic heterocycles. The van der Waals surface area contributed by atoms with Gasteiger partial charge >= 0.3 is 0 Å². The van der Waals surface area contributed by atoms with Crippen LogP contribution in [0.25, 0.3) is 255 Å². The second-order valence-electron chi connectivity index (χ2n) is 32.5. The fraction of sp³-hybridized carbons (Fsp3) is 0. The molecule has 0 spiro atoms. The average Bonchev–Trinajstić information content (AvgIpc) is 1.56. The van der Waals surface area contributed by atoms with Crippen LogP contribution in [0.1, 0.15) is 0 Å². The molecular weight excluding hydrogens is 1560 g/mol. The molecule has 0 N–H and O–H groups in total. The molecule has 8 heterocycles. The number of benzene rings is 18. The van der Waals surface area contributed by atoms with Gasteiger partial charge in [-0.1, -0.05) is 364 Å². The van der Waals surface area contributed by atoms with Gasteiger partial charge in [0.05, 0.1) is 44.5 Å². The molecule has 0 radical (unpaired) electrons. The summed E-state index contributed by atoms with van der Waals surface area (Å²) in [6, 6.07) is 150. The first-order valence-electron chi connectivity index (χ1n) is 43.1. The summed E-state index contributed by atoms with van der Waals surface area (Å²) in [6.45, 7) is 0. The zero-order valence-corrected chi connectivity index (χ0v) is 68.8. The van der Waals surface area contributed by atoms with Crippen molar-refractivity contribution in [3.8, 4) is 124 Å². The SMILES string of the molecule is c1ccc(-c2nc(-c3ccc(-c4ccc(-c5nc6c7ccccc7ccc6c6c5oc5ccccc56)cc4)cc3)cc(-c3cccc(-n4c5ccccc5c5ccccc54)c3)n2)cc1.c1ccc(-c2nc(-c3ccc(-c4ccc(-c5nc6c7ccccc7ccc6c6c5oc5ccccc56)cc4)cc3)nc(-c3cccc(-n4c5ccccc5c5ccccc54)c3)n2)cc1. The molecule has 0 unspecified atom stereocenters. The van der Waals surface area contributed by atoms with Crippen molar-refractivity contribution in [3.63, 3.8) is 0 Å². The van der Waals surface area contributed by atoms with E-state index in [1.54, 1.807) is 0 Å². The van der Waals surface area contributed by atoms with Gasteiger partial charge in [-0.15, -0.1) is 0 Å². The van der Waals surface area contributed by atoms with Crippen LogP contribution in [0.15, 0.2) is 440 Å². The minimum absolute atomic E-state index is 0.609. The predicted molar refractivity (Wildman–Crippen MR) is 525 cm³/mol. The van der Waals surface area contributed by atoms with Gasteiger partial charge < -0.3 is 18.0 Å². The fourth-order valence-corrected chi connectivity index (χ4v) is 18.9. The monoisotopic (exact) mass is 1630 g/mol. The third kappa shape index (κ3) is 12.5. The number of para-hydroxylation sites is 6. The Bertz CT molecular complexity index is 8300. The van der Waals surface area contributed by atoms with Gasteiger partial charge in [0, 0.05) is 121 Å². The summed E-state index contributed by atoms with van der Waals surface area (Å²) in [5.74, 6) is 2.53. The van der Waals surface area contributed by atoms with Gasteiger partial charge in [0.2, 0.25) is 0 Å². The average molecular weight is 1630 g/mol. The lowest BCUT2D eigenvalue weighted by Crippen LogP contribution is -2.01. The largest absolute Gasteiger partial charge is 0.454 e.